The largest absolute Gasteiger partial charge is 0.366 e. The SMILES string of the molecule is CCCCn1nc(C)c(CNc2cccc(Br)n2)c1Cl. The van der Waals surface area contributed by atoms with Crippen molar-refractivity contribution in [1.29, 1.82) is 0 Å². The minimum absolute atomic E-state index is 0.625. The topological polar surface area (TPSA) is 42.7 Å². The lowest BCUT2D eigenvalue weighted by molar-refractivity contribution is 0.569. The van der Waals surface area contributed by atoms with Gasteiger partial charge in [0, 0.05) is 18.7 Å². The van der Waals surface area contributed by atoms with Gasteiger partial charge in [0.15, 0.2) is 0 Å². The van der Waals surface area contributed by atoms with Gasteiger partial charge in [0.25, 0.3) is 0 Å². The number of anilines is 1. The smallest absolute Gasteiger partial charge is 0.132 e. The molecule has 108 valence electrons. The van der Waals surface area contributed by atoms with E-state index in [2.05, 4.69) is 38.3 Å². The fraction of sp³-hybridized carbons (Fsp3) is 0.429. The molecule has 2 rings (SSSR count). The molecule has 0 amide bonds. The summed E-state index contributed by atoms with van der Waals surface area (Å²) < 4.78 is 2.69. The molecule has 0 radical (unpaired) electrons. The van der Waals surface area contributed by atoms with E-state index in [4.69, 9.17) is 11.6 Å². The molecule has 2 aromatic rings. The predicted octanol–water partition coefficient (Wildman–Crippen LogP) is 4.41. The summed E-state index contributed by atoms with van der Waals surface area (Å²) in [5.41, 5.74) is 2.00. The summed E-state index contributed by atoms with van der Waals surface area (Å²) in [5, 5.41) is 8.49. The average Bonchev–Trinajstić information content (AvgIpc) is 2.69. The van der Waals surface area contributed by atoms with Crippen molar-refractivity contribution in [3.05, 3.63) is 39.2 Å². The zero-order valence-corrected chi connectivity index (χ0v) is 14.0. The molecule has 0 saturated heterocycles. The lowest BCUT2D eigenvalue weighted by Crippen LogP contribution is -2.03. The minimum Gasteiger partial charge on any atom is -0.366 e. The highest BCUT2D eigenvalue weighted by atomic mass is 79.9. The van der Waals surface area contributed by atoms with Crippen molar-refractivity contribution in [3.8, 4) is 0 Å². The summed E-state index contributed by atoms with van der Waals surface area (Å²) in [5.74, 6) is 0.816. The molecular formula is C14H18BrClN4. The molecule has 0 atom stereocenters. The summed E-state index contributed by atoms with van der Waals surface area (Å²) in [7, 11) is 0. The number of nitrogens with one attached hydrogen (secondary N) is 1. The van der Waals surface area contributed by atoms with Crippen LogP contribution in [0.4, 0.5) is 5.82 Å². The second-order valence-electron chi connectivity index (χ2n) is 4.63. The van der Waals surface area contributed by atoms with Gasteiger partial charge in [-0.2, -0.15) is 5.10 Å². The lowest BCUT2D eigenvalue weighted by atomic mass is 10.2. The van der Waals surface area contributed by atoms with Crippen molar-refractivity contribution < 1.29 is 0 Å². The Balaban J connectivity index is 2.07. The Labute approximate surface area is 132 Å². The van der Waals surface area contributed by atoms with Crippen LogP contribution in [0.1, 0.15) is 31.0 Å². The number of aromatic nitrogens is 3. The maximum absolute atomic E-state index is 6.39. The molecule has 2 aromatic heterocycles. The van der Waals surface area contributed by atoms with E-state index in [0.717, 1.165) is 46.2 Å². The zero-order chi connectivity index (χ0) is 14.5. The third kappa shape index (κ3) is 3.73. The van der Waals surface area contributed by atoms with Crippen LogP contribution in [-0.2, 0) is 13.1 Å². The Hall–Kier alpha value is -1.07. The maximum atomic E-state index is 6.39. The number of aryl methyl sites for hydroxylation is 2. The summed E-state index contributed by atoms with van der Waals surface area (Å²) >= 11 is 9.75. The van der Waals surface area contributed by atoms with Crippen LogP contribution in [0.5, 0.6) is 0 Å². The number of hydrogen-bond acceptors (Lipinski definition) is 3. The number of pyridine rings is 1. The van der Waals surface area contributed by atoms with Gasteiger partial charge in [-0.3, -0.25) is 4.68 Å². The first-order chi connectivity index (χ1) is 9.61. The van der Waals surface area contributed by atoms with Gasteiger partial charge in [-0.05, 0) is 41.4 Å². The number of halogens is 2. The molecule has 0 aliphatic heterocycles. The molecule has 0 fully saturated rings. The molecule has 0 spiro atoms. The van der Waals surface area contributed by atoms with Gasteiger partial charge in [-0.1, -0.05) is 31.0 Å². The van der Waals surface area contributed by atoms with Crippen LogP contribution in [0, 0.1) is 6.92 Å². The fourth-order valence-electron chi connectivity index (χ4n) is 1.93. The quantitative estimate of drug-likeness (QED) is 0.778. The Kier molecular flexibility index (Phi) is 5.43. The molecule has 6 heteroatoms. The number of nitrogens with zero attached hydrogens (tertiary/aromatic N) is 3. The summed E-state index contributed by atoms with van der Waals surface area (Å²) in [6.45, 7) is 5.64. The van der Waals surface area contributed by atoms with E-state index in [-0.39, 0.29) is 0 Å². The van der Waals surface area contributed by atoms with Gasteiger partial charge in [-0.25, -0.2) is 4.98 Å². The Morgan fingerprint density at radius 3 is 2.90 bits per heavy atom. The third-order valence-electron chi connectivity index (χ3n) is 3.07. The monoisotopic (exact) mass is 356 g/mol. The van der Waals surface area contributed by atoms with Gasteiger partial charge in [0.2, 0.25) is 0 Å². The molecule has 20 heavy (non-hydrogen) atoms. The van der Waals surface area contributed by atoms with Crippen molar-refractivity contribution in [3.63, 3.8) is 0 Å². The molecule has 0 saturated carbocycles. The van der Waals surface area contributed by atoms with Crippen LogP contribution in [-0.4, -0.2) is 14.8 Å². The van der Waals surface area contributed by atoms with Crippen molar-refractivity contribution in [2.45, 2.75) is 39.8 Å². The summed E-state index contributed by atoms with van der Waals surface area (Å²) in [6.07, 6.45) is 2.21. The predicted molar refractivity (Wildman–Crippen MR) is 86.1 cm³/mol. The highest BCUT2D eigenvalue weighted by Crippen LogP contribution is 2.21. The zero-order valence-electron chi connectivity index (χ0n) is 11.7. The molecule has 4 nitrogen and oxygen atoms in total. The Morgan fingerprint density at radius 2 is 2.20 bits per heavy atom. The number of rotatable bonds is 6. The first-order valence-corrected chi connectivity index (χ1v) is 7.87. The van der Waals surface area contributed by atoms with Crippen molar-refractivity contribution in [2.75, 3.05) is 5.32 Å². The molecular weight excluding hydrogens is 340 g/mol. The van der Waals surface area contributed by atoms with E-state index in [1.54, 1.807) is 0 Å². The summed E-state index contributed by atoms with van der Waals surface area (Å²) in [4.78, 5) is 4.34. The van der Waals surface area contributed by atoms with Crippen molar-refractivity contribution >= 4 is 33.3 Å². The first-order valence-electron chi connectivity index (χ1n) is 6.70. The normalized spacial score (nSPS) is 10.8. The highest BCUT2D eigenvalue weighted by molar-refractivity contribution is 9.10. The third-order valence-corrected chi connectivity index (χ3v) is 3.93. The van der Waals surface area contributed by atoms with Crippen molar-refractivity contribution in [2.24, 2.45) is 0 Å². The first kappa shape index (κ1) is 15.3. The fourth-order valence-corrected chi connectivity index (χ4v) is 2.60. The molecule has 0 unspecified atom stereocenters. The van der Waals surface area contributed by atoms with Crippen LogP contribution >= 0.6 is 27.5 Å². The van der Waals surface area contributed by atoms with Gasteiger partial charge < -0.3 is 5.32 Å². The van der Waals surface area contributed by atoms with Crippen LogP contribution < -0.4 is 5.32 Å². The molecule has 0 aliphatic rings. The van der Waals surface area contributed by atoms with E-state index in [1.165, 1.54) is 0 Å². The standard InChI is InChI=1S/C14H18BrClN4/c1-3-4-8-20-14(16)11(10(2)19-20)9-17-13-7-5-6-12(15)18-13/h5-7H,3-4,8-9H2,1-2H3,(H,17,18). The molecule has 0 aromatic carbocycles. The molecule has 0 aliphatic carbocycles. The highest BCUT2D eigenvalue weighted by Gasteiger charge is 2.12. The molecule has 0 bridgehead atoms. The number of hydrogen-bond donors (Lipinski definition) is 1. The van der Waals surface area contributed by atoms with Crippen LogP contribution in [0.15, 0.2) is 22.8 Å². The minimum atomic E-state index is 0.625. The second-order valence-corrected chi connectivity index (χ2v) is 5.80. The van der Waals surface area contributed by atoms with Crippen molar-refractivity contribution in [1.82, 2.24) is 14.8 Å². The van der Waals surface area contributed by atoms with Crippen LogP contribution in [0.2, 0.25) is 5.15 Å². The molecule has 1 N–H and O–H groups in total. The van der Waals surface area contributed by atoms with E-state index in [1.807, 2.05) is 29.8 Å². The number of unbranched alkanes of at least 4 members (excludes halogenated alkanes) is 1. The van der Waals surface area contributed by atoms with Gasteiger partial charge in [0.05, 0.1) is 5.69 Å². The van der Waals surface area contributed by atoms with Gasteiger partial charge >= 0.3 is 0 Å². The van der Waals surface area contributed by atoms with Crippen LogP contribution in [0.25, 0.3) is 0 Å². The lowest BCUT2D eigenvalue weighted by Gasteiger charge is -2.06. The van der Waals surface area contributed by atoms with Crippen LogP contribution in [0.3, 0.4) is 0 Å². The Morgan fingerprint density at radius 1 is 1.40 bits per heavy atom. The summed E-state index contributed by atoms with van der Waals surface area (Å²) in [6, 6.07) is 5.76. The van der Waals surface area contributed by atoms with E-state index >= 15 is 0 Å². The molecule has 2 heterocycles. The van der Waals surface area contributed by atoms with E-state index < -0.39 is 0 Å². The van der Waals surface area contributed by atoms with E-state index in [0.29, 0.717) is 6.54 Å². The maximum Gasteiger partial charge on any atom is 0.132 e. The van der Waals surface area contributed by atoms with Gasteiger partial charge in [-0.15, -0.1) is 0 Å². The Bertz CT molecular complexity index is 583. The van der Waals surface area contributed by atoms with Gasteiger partial charge in [0.1, 0.15) is 15.6 Å². The van der Waals surface area contributed by atoms with E-state index in [9.17, 15) is 0 Å². The average molecular weight is 358 g/mol. The second kappa shape index (κ2) is 7.09.